The fourth-order valence-corrected chi connectivity index (χ4v) is 8.93. The molecule has 0 radical (unpaired) electrons. The van der Waals surface area contributed by atoms with E-state index in [1.54, 1.807) is 18.2 Å². The van der Waals surface area contributed by atoms with Crippen molar-refractivity contribution >= 4 is 0 Å². The molecule has 23 heteroatoms. The molecule has 0 aliphatic heterocycles. The monoisotopic (exact) mass is 1150 g/mol. The van der Waals surface area contributed by atoms with E-state index in [0.717, 1.165) is 5.56 Å². The van der Waals surface area contributed by atoms with E-state index in [0.29, 0.717) is 17.1 Å². The molecule has 0 aliphatic rings. The molecular weight excluding hydrogens is 1080 g/mol. The SMILES string of the molecule is COc1cc(C)ccc1OC(CO)C(O)c1ccc(OC(CO)C(O)c2cc(OC)c(O)c(-c3cc(C(O)C(CO)Oc4ccc(C(O)C(CO)Oc5ccc(C(O)C(CO)OC)cc5OC)cc4OC)cc(OC)c3O)c2)c(OC)c1. The molecule has 0 amide bonds. The van der Waals surface area contributed by atoms with Crippen molar-refractivity contribution in [2.45, 2.75) is 68.0 Å². The number of ether oxygens (including phenoxy) is 11. The van der Waals surface area contributed by atoms with Gasteiger partial charge in [0.1, 0.15) is 36.6 Å². The molecule has 0 spiro atoms. The molecule has 6 aromatic carbocycles. The molecule has 0 heterocycles. The summed E-state index contributed by atoms with van der Waals surface area (Å²) in [7, 11) is 9.30. The van der Waals surface area contributed by atoms with Crippen LogP contribution in [0.4, 0.5) is 0 Å². The highest BCUT2D eigenvalue weighted by molar-refractivity contribution is 5.81. The van der Waals surface area contributed by atoms with E-state index >= 15 is 0 Å². The van der Waals surface area contributed by atoms with Gasteiger partial charge in [0.05, 0.1) is 75.7 Å². The van der Waals surface area contributed by atoms with E-state index in [-0.39, 0.29) is 79.4 Å². The number of benzene rings is 6. The van der Waals surface area contributed by atoms with Crippen LogP contribution in [0.15, 0.2) is 97.1 Å². The molecule has 0 saturated heterocycles. The molecule has 10 atom stereocenters. The predicted molar refractivity (Wildman–Crippen MR) is 294 cm³/mol. The molecule has 0 saturated carbocycles. The second-order valence-corrected chi connectivity index (χ2v) is 18.7. The lowest BCUT2D eigenvalue weighted by atomic mass is 9.93. The van der Waals surface area contributed by atoms with Crippen LogP contribution in [0.2, 0.25) is 0 Å². The molecule has 6 aromatic rings. The zero-order valence-corrected chi connectivity index (χ0v) is 46.4. The maximum absolute atomic E-state index is 11.9. The van der Waals surface area contributed by atoms with Crippen molar-refractivity contribution in [3.05, 3.63) is 130 Å². The lowest BCUT2D eigenvalue weighted by Crippen LogP contribution is -2.30. The second-order valence-electron chi connectivity index (χ2n) is 18.7. The summed E-state index contributed by atoms with van der Waals surface area (Å²) in [6.07, 6.45) is -13.7. The van der Waals surface area contributed by atoms with Crippen LogP contribution >= 0.6 is 0 Å². The first kappa shape index (κ1) is 63.7. The number of hydrogen-bond donors (Lipinski definition) is 12. The van der Waals surface area contributed by atoms with Gasteiger partial charge in [-0.05, 0) is 113 Å². The summed E-state index contributed by atoms with van der Waals surface area (Å²) in [5, 5.41) is 132. The zero-order valence-electron chi connectivity index (χ0n) is 46.4. The number of phenols is 2. The maximum atomic E-state index is 11.9. The standard InChI is InChI=1S/C59H72O23/c1-30-9-13-38(42(17-30)72-2)79-49(26-61)54(66)32-11-15-40(44(21-32)74-4)81-51(28-63)56(68)34-18-36(58(70)46(23-34)76-6)37-19-35(24-47(77-7)59(37)71)57(69)52(29-64)82-41-16-12-33(22-45(41)75-5)55(67)50(27-62)80-39-14-10-31(20-43(39)73-3)53(65)48(25-60)78-8/h9-24,48-57,60-71H,25-29H2,1-8H3. The van der Waals surface area contributed by atoms with Crippen molar-refractivity contribution in [3.8, 4) is 80.1 Å². The van der Waals surface area contributed by atoms with Crippen LogP contribution in [-0.2, 0) is 4.74 Å². The van der Waals surface area contributed by atoms with Gasteiger partial charge in [0, 0.05) is 18.2 Å². The smallest absolute Gasteiger partial charge is 0.165 e. The first-order valence-electron chi connectivity index (χ1n) is 25.6. The van der Waals surface area contributed by atoms with Crippen molar-refractivity contribution < 1.29 is 113 Å². The number of aliphatic hydroxyl groups excluding tert-OH is 10. The molecule has 0 aliphatic carbocycles. The van der Waals surface area contributed by atoms with Crippen LogP contribution in [0.25, 0.3) is 11.1 Å². The molecule has 0 aromatic heterocycles. The highest BCUT2D eigenvalue weighted by atomic mass is 16.6. The molecule has 10 unspecified atom stereocenters. The zero-order chi connectivity index (χ0) is 59.9. The Hall–Kier alpha value is -7.52. The minimum Gasteiger partial charge on any atom is -0.504 e. The van der Waals surface area contributed by atoms with E-state index in [1.807, 2.05) is 6.92 Å². The van der Waals surface area contributed by atoms with Crippen LogP contribution in [-0.4, -0.2) is 175 Å². The van der Waals surface area contributed by atoms with Gasteiger partial charge in [0.2, 0.25) is 0 Å². The van der Waals surface area contributed by atoms with Crippen LogP contribution < -0.4 is 47.4 Å². The van der Waals surface area contributed by atoms with Crippen molar-refractivity contribution in [2.75, 3.05) is 82.8 Å². The fraction of sp³-hybridized carbons (Fsp3) is 0.390. The molecule has 82 heavy (non-hydrogen) atoms. The Labute approximate surface area is 473 Å². The fourth-order valence-electron chi connectivity index (χ4n) is 8.93. The van der Waals surface area contributed by atoms with Gasteiger partial charge in [-0.15, -0.1) is 0 Å². The highest BCUT2D eigenvalue weighted by Gasteiger charge is 2.33. The number of rotatable bonds is 31. The van der Waals surface area contributed by atoms with Crippen molar-refractivity contribution in [3.63, 3.8) is 0 Å². The van der Waals surface area contributed by atoms with E-state index in [2.05, 4.69) is 0 Å². The van der Waals surface area contributed by atoms with Gasteiger partial charge in [0.15, 0.2) is 93.4 Å². The lowest BCUT2D eigenvalue weighted by molar-refractivity contribution is -0.0425. The molecular formula is C59H72O23. The number of aromatic hydroxyl groups is 2. The molecule has 0 fully saturated rings. The van der Waals surface area contributed by atoms with Gasteiger partial charge in [0.25, 0.3) is 0 Å². The Morgan fingerprint density at radius 1 is 0.305 bits per heavy atom. The van der Waals surface area contributed by atoms with Crippen molar-refractivity contribution in [1.29, 1.82) is 0 Å². The average Bonchev–Trinajstić information content (AvgIpc) is 3.70. The third kappa shape index (κ3) is 14.4. The minimum atomic E-state index is -1.70. The largest absolute Gasteiger partial charge is 0.504 e. The van der Waals surface area contributed by atoms with Gasteiger partial charge in [-0.3, -0.25) is 0 Å². The first-order valence-corrected chi connectivity index (χ1v) is 25.6. The minimum absolute atomic E-state index is 0.00387. The Kier molecular flexibility index (Phi) is 22.9. The first-order chi connectivity index (χ1) is 39.4. The normalized spacial score (nSPS) is 15.1. The van der Waals surface area contributed by atoms with E-state index in [9.17, 15) is 61.3 Å². The van der Waals surface area contributed by atoms with E-state index in [1.165, 1.54) is 129 Å². The third-order valence-electron chi connectivity index (χ3n) is 13.6. The van der Waals surface area contributed by atoms with Gasteiger partial charge in [-0.25, -0.2) is 0 Å². The van der Waals surface area contributed by atoms with Gasteiger partial charge < -0.3 is 113 Å². The Morgan fingerprint density at radius 2 is 0.561 bits per heavy atom. The predicted octanol–water partition coefficient (Wildman–Crippen LogP) is 4.06. The van der Waals surface area contributed by atoms with Gasteiger partial charge in [-0.1, -0.05) is 24.3 Å². The molecule has 0 bridgehead atoms. The van der Waals surface area contributed by atoms with Crippen LogP contribution in [0.3, 0.4) is 0 Å². The average molecular weight is 1150 g/mol. The van der Waals surface area contributed by atoms with Crippen LogP contribution in [0.1, 0.15) is 63.9 Å². The van der Waals surface area contributed by atoms with Crippen LogP contribution in [0, 0.1) is 6.92 Å². The Morgan fingerprint density at radius 3 is 0.841 bits per heavy atom. The van der Waals surface area contributed by atoms with Crippen molar-refractivity contribution in [2.24, 2.45) is 0 Å². The number of aliphatic hydroxyl groups is 10. The Bertz CT molecular complexity index is 3020. The summed E-state index contributed by atoms with van der Waals surface area (Å²) in [6.45, 7) is -1.41. The number of methoxy groups -OCH3 is 7. The summed E-state index contributed by atoms with van der Waals surface area (Å²) in [5.41, 5.74) is 1.41. The summed E-state index contributed by atoms with van der Waals surface area (Å²) >= 11 is 0. The third-order valence-corrected chi connectivity index (χ3v) is 13.6. The van der Waals surface area contributed by atoms with Gasteiger partial charge in [-0.2, -0.15) is 0 Å². The van der Waals surface area contributed by atoms with Gasteiger partial charge >= 0.3 is 0 Å². The lowest BCUT2D eigenvalue weighted by Gasteiger charge is -2.27. The number of hydrogen-bond acceptors (Lipinski definition) is 23. The molecule has 6 rings (SSSR count). The summed E-state index contributed by atoms with van der Waals surface area (Å²) in [5.74, 6) is -0.358. The molecule has 12 N–H and O–H groups in total. The van der Waals surface area contributed by atoms with Crippen molar-refractivity contribution in [1.82, 2.24) is 0 Å². The highest BCUT2D eigenvalue weighted by Crippen LogP contribution is 2.48. The Balaban J connectivity index is 1.24. The van der Waals surface area contributed by atoms with E-state index < -0.39 is 106 Å². The topological polar surface area (TPSA) is 344 Å². The van der Waals surface area contributed by atoms with Crippen LogP contribution in [0.5, 0.6) is 69.0 Å². The quantitative estimate of drug-likeness (QED) is 0.0292. The molecule has 23 nitrogen and oxygen atoms in total. The summed E-state index contributed by atoms with van der Waals surface area (Å²) in [6, 6.07) is 23.3. The number of aryl methyl sites for hydroxylation is 1. The summed E-state index contributed by atoms with van der Waals surface area (Å²) < 4.78 is 62.2. The second kappa shape index (κ2) is 29.5. The number of phenolic OH excluding ortho intramolecular Hbond substituents is 2. The van der Waals surface area contributed by atoms with E-state index in [4.69, 9.17) is 52.1 Å². The summed E-state index contributed by atoms with van der Waals surface area (Å²) in [4.78, 5) is 0. The molecule has 446 valence electrons. The maximum Gasteiger partial charge on any atom is 0.165 e.